The van der Waals surface area contributed by atoms with Crippen LogP contribution in [-0.4, -0.2) is 18.3 Å². The molecule has 1 aromatic heterocycles. The van der Waals surface area contributed by atoms with Gasteiger partial charge < -0.3 is 4.55 Å². The minimum atomic E-state index is -2.03. The molecule has 0 bridgehead atoms. The van der Waals surface area contributed by atoms with E-state index in [4.69, 9.17) is 0 Å². The molecule has 3 atom stereocenters. The van der Waals surface area contributed by atoms with E-state index in [0.717, 1.165) is 10.6 Å². The second-order valence-electron chi connectivity index (χ2n) is 3.35. The lowest BCUT2D eigenvalue weighted by molar-refractivity contribution is 0.527. The second kappa shape index (κ2) is 4.47. The Labute approximate surface area is 95.3 Å². The van der Waals surface area contributed by atoms with Crippen LogP contribution >= 0.6 is 11.8 Å². The van der Waals surface area contributed by atoms with E-state index in [-0.39, 0.29) is 10.5 Å². The monoisotopic (exact) mass is 240 g/mol. The van der Waals surface area contributed by atoms with Crippen molar-refractivity contribution in [2.75, 3.05) is 0 Å². The van der Waals surface area contributed by atoms with Crippen molar-refractivity contribution in [3.8, 4) is 0 Å². The zero-order chi connectivity index (χ0) is 10.8. The van der Waals surface area contributed by atoms with E-state index in [1.54, 1.807) is 6.20 Å². The van der Waals surface area contributed by atoms with Crippen molar-refractivity contribution < 1.29 is 8.76 Å². The van der Waals surface area contributed by atoms with Crippen LogP contribution in [0.4, 0.5) is 0 Å². The van der Waals surface area contributed by atoms with Gasteiger partial charge in [0.2, 0.25) is 0 Å². The highest BCUT2D eigenvalue weighted by atomic mass is 32.2. The molecule has 0 saturated carbocycles. The van der Waals surface area contributed by atoms with Crippen LogP contribution in [0.15, 0.2) is 30.5 Å². The zero-order valence-electron chi connectivity index (χ0n) is 8.12. The van der Waals surface area contributed by atoms with Crippen molar-refractivity contribution in [2.45, 2.75) is 11.5 Å². The van der Waals surface area contributed by atoms with Crippen LogP contribution in [0.3, 0.4) is 0 Å². The summed E-state index contributed by atoms with van der Waals surface area (Å²) >= 11 is -0.666. The Bertz CT molecular complexity index is 405. The van der Waals surface area contributed by atoms with E-state index in [1.807, 2.05) is 31.2 Å². The topological polar surface area (TPSA) is 53.0 Å². The van der Waals surface area contributed by atoms with E-state index in [9.17, 15) is 8.76 Å². The van der Waals surface area contributed by atoms with Crippen LogP contribution in [0, 0.1) is 5.92 Å². The molecule has 0 N–H and O–H groups in total. The standard InChI is InChI=1S/C10H11NO2S2/c1-7-6-9(14-10(7)15(12)13)8-4-2-3-5-11-8/h2-7,10H,1H3,(H,12,13)/p-1. The summed E-state index contributed by atoms with van der Waals surface area (Å²) < 4.78 is 21.5. The molecule has 1 aliphatic heterocycles. The van der Waals surface area contributed by atoms with Gasteiger partial charge in [-0.3, -0.25) is 9.19 Å². The SMILES string of the molecule is CC1C=C(c2ccccn2)SC1S(=O)[O-]. The van der Waals surface area contributed by atoms with Gasteiger partial charge in [-0.1, -0.05) is 19.1 Å². The van der Waals surface area contributed by atoms with Crippen LogP contribution in [0.25, 0.3) is 4.91 Å². The predicted octanol–water partition coefficient (Wildman–Crippen LogP) is 2.01. The van der Waals surface area contributed by atoms with Crippen molar-refractivity contribution in [3.63, 3.8) is 0 Å². The number of pyridine rings is 1. The normalized spacial score (nSPS) is 27.5. The molecule has 3 nitrogen and oxygen atoms in total. The molecule has 15 heavy (non-hydrogen) atoms. The molecule has 3 unspecified atom stereocenters. The van der Waals surface area contributed by atoms with Crippen molar-refractivity contribution in [3.05, 3.63) is 36.2 Å². The summed E-state index contributed by atoms with van der Waals surface area (Å²) in [4.78, 5) is 5.15. The molecule has 5 heteroatoms. The van der Waals surface area contributed by atoms with Gasteiger partial charge in [-0.2, -0.15) is 0 Å². The molecule has 80 valence electrons. The highest BCUT2D eigenvalue weighted by molar-refractivity contribution is 8.16. The average molecular weight is 240 g/mol. The first kappa shape index (κ1) is 10.9. The van der Waals surface area contributed by atoms with Crippen molar-refractivity contribution >= 4 is 27.7 Å². The van der Waals surface area contributed by atoms with Crippen molar-refractivity contribution in [2.24, 2.45) is 5.92 Å². The lowest BCUT2D eigenvalue weighted by Crippen LogP contribution is -2.14. The summed E-state index contributed by atoms with van der Waals surface area (Å²) in [6, 6.07) is 5.63. The fraction of sp³-hybridized carbons (Fsp3) is 0.300. The lowest BCUT2D eigenvalue weighted by Gasteiger charge is -2.17. The fourth-order valence-corrected chi connectivity index (χ4v) is 3.59. The third-order valence-electron chi connectivity index (χ3n) is 2.19. The highest BCUT2D eigenvalue weighted by Gasteiger charge is 2.26. The maximum atomic E-state index is 10.9. The molecule has 0 aromatic carbocycles. The molecular formula is C10H10NO2S2-. The van der Waals surface area contributed by atoms with Gasteiger partial charge in [-0.15, -0.1) is 11.8 Å². The van der Waals surface area contributed by atoms with Gasteiger partial charge in [0, 0.05) is 11.1 Å². The quantitative estimate of drug-likeness (QED) is 0.742. The molecule has 0 radical (unpaired) electrons. The molecule has 0 fully saturated rings. The maximum Gasteiger partial charge on any atom is 0.0777 e. The number of aromatic nitrogens is 1. The number of rotatable bonds is 2. The molecule has 0 aliphatic carbocycles. The lowest BCUT2D eigenvalue weighted by atomic mass is 10.2. The molecule has 2 heterocycles. The van der Waals surface area contributed by atoms with Crippen LogP contribution in [-0.2, 0) is 11.1 Å². The Hall–Kier alpha value is -0.650. The van der Waals surface area contributed by atoms with Crippen LogP contribution < -0.4 is 0 Å². The summed E-state index contributed by atoms with van der Waals surface area (Å²) in [6.45, 7) is 1.91. The molecule has 1 aromatic rings. The van der Waals surface area contributed by atoms with Gasteiger partial charge in [-0.25, -0.2) is 0 Å². The van der Waals surface area contributed by atoms with E-state index >= 15 is 0 Å². The molecular weight excluding hydrogens is 230 g/mol. The summed E-state index contributed by atoms with van der Waals surface area (Å²) in [7, 11) is 0. The van der Waals surface area contributed by atoms with Gasteiger partial charge in [0.15, 0.2) is 0 Å². The Balaban J connectivity index is 2.21. The van der Waals surface area contributed by atoms with Gasteiger partial charge in [-0.05, 0) is 29.1 Å². The minimum absolute atomic E-state index is 0.0466. The zero-order valence-corrected chi connectivity index (χ0v) is 9.75. The Kier molecular flexibility index (Phi) is 3.23. The van der Waals surface area contributed by atoms with E-state index in [2.05, 4.69) is 4.98 Å². The van der Waals surface area contributed by atoms with Crippen LogP contribution in [0.5, 0.6) is 0 Å². The minimum Gasteiger partial charge on any atom is -0.771 e. The number of hydrogen-bond acceptors (Lipinski definition) is 4. The molecule has 0 amide bonds. The summed E-state index contributed by atoms with van der Waals surface area (Å²) in [5, 5.41) is 0. The van der Waals surface area contributed by atoms with Crippen molar-refractivity contribution in [1.29, 1.82) is 0 Å². The van der Waals surface area contributed by atoms with E-state index < -0.39 is 11.1 Å². The summed E-state index contributed by atoms with van der Waals surface area (Å²) in [6.07, 6.45) is 3.68. The largest absolute Gasteiger partial charge is 0.771 e. The molecule has 1 aliphatic rings. The van der Waals surface area contributed by atoms with E-state index in [0.29, 0.717) is 0 Å². The Morgan fingerprint density at radius 2 is 2.33 bits per heavy atom. The van der Waals surface area contributed by atoms with Gasteiger partial charge in [0.1, 0.15) is 0 Å². The smallest absolute Gasteiger partial charge is 0.0777 e. The third kappa shape index (κ3) is 2.30. The van der Waals surface area contributed by atoms with Gasteiger partial charge >= 0.3 is 0 Å². The average Bonchev–Trinajstić information content (AvgIpc) is 2.62. The highest BCUT2D eigenvalue weighted by Crippen LogP contribution is 2.42. The van der Waals surface area contributed by atoms with Crippen LogP contribution in [0.2, 0.25) is 0 Å². The van der Waals surface area contributed by atoms with Crippen LogP contribution in [0.1, 0.15) is 12.6 Å². The van der Waals surface area contributed by atoms with Crippen molar-refractivity contribution in [1.82, 2.24) is 4.98 Å². The second-order valence-corrected chi connectivity index (χ2v) is 5.86. The first-order valence-electron chi connectivity index (χ1n) is 4.56. The number of allylic oxidation sites excluding steroid dienone is 1. The fourth-order valence-electron chi connectivity index (χ4n) is 1.46. The van der Waals surface area contributed by atoms with E-state index in [1.165, 1.54) is 11.8 Å². The first-order valence-corrected chi connectivity index (χ1v) is 6.58. The molecule has 2 rings (SSSR count). The number of thioether (sulfide) groups is 1. The first-order chi connectivity index (χ1) is 7.18. The summed E-state index contributed by atoms with van der Waals surface area (Å²) in [5.41, 5.74) is 0.849. The maximum absolute atomic E-state index is 10.9. The summed E-state index contributed by atoms with van der Waals surface area (Å²) in [5.74, 6) is 0.0466. The predicted molar refractivity (Wildman–Crippen MR) is 61.7 cm³/mol. The number of hydrogen-bond donors (Lipinski definition) is 0. The Morgan fingerprint density at radius 3 is 2.87 bits per heavy atom. The third-order valence-corrected chi connectivity index (χ3v) is 5.02. The molecule has 0 spiro atoms. The van der Waals surface area contributed by atoms with Gasteiger partial charge in [0.05, 0.1) is 10.3 Å². The molecule has 0 saturated heterocycles. The Morgan fingerprint density at radius 1 is 1.53 bits per heavy atom. The number of nitrogens with zero attached hydrogens (tertiary/aromatic N) is 1. The van der Waals surface area contributed by atoms with Gasteiger partial charge in [0.25, 0.3) is 0 Å².